The van der Waals surface area contributed by atoms with Crippen molar-refractivity contribution in [3.05, 3.63) is 83.2 Å². The Labute approximate surface area is 134 Å². The lowest BCUT2D eigenvalue weighted by molar-refractivity contribution is 0.103. The zero-order chi connectivity index (χ0) is 16.0. The second kappa shape index (κ2) is 5.06. The summed E-state index contributed by atoms with van der Waals surface area (Å²) in [6.45, 7) is 4.13. The summed E-state index contributed by atoms with van der Waals surface area (Å²) < 4.78 is 2.06. The molecule has 0 saturated heterocycles. The Morgan fingerprint density at radius 3 is 2.57 bits per heavy atom. The summed E-state index contributed by atoms with van der Waals surface area (Å²) in [7, 11) is 0. The van der Waals surface area contributed by atoms with Crippen LogP contribution in [0.3, 0.4) is 0 Å². The van der Waals surface area contributed by atoms with Gasteiger partial charge in [0.05, 0.1) is 16.6 Å². The van der Waals surface area contributed by atoms with Gasteiger partial charge in [0.15, 0.2) is 0 Å². The molecule has 0 amide bonds. The van der Waals surface area contributed by atoms with Gasteiger partial charge in [0.25, 0.3) is 0 Å². The Balaban J connectivity index is 2.07. The Morgan fingerprint density at radius 1 is 1.00 bits per heavy atom. The van der Waals surface area contributed by atoms with Crippen molar-refractivity contribution in [3.63, 3.8) is 0 Å². The molecular formula is C20H16N2O. The predicted octanol–water partition coefficient (Wildman–Crippen LogP) is 4.34. The lowest BCUT2D eigenvalue weighted by atomic mass is 10.1. The van der Waals surface area contributed by atoms with Crippen molar-refractivity contribution in [2.75, 3.05) is 0 Å². The fourth-order valence-electron chi connectivity index (χ4n) is 3.18. The number of ketones is 1. The second-order valence-corrected chi connectivity index (χ2v) is 5.87. The van der Waals surface area contributed by atoms with Gasteiger partial charge in [-0.25, -0.2) is 4.98 Å². The number of aryl methyl sites for hydroxylation is 2. The zero-order valence-corrected chi connectivity index (χ0v) is 13.1. The number of nitrogens with zero attached hydrogens (tertiary/aromatic N) is 2. The van der Waals surface area contributed by atoms with Crippen LogP contribution in [0.5, 0.6) is 0 Å². The number of rotatable bonds is 2. The van der Waals surface area contributed by atoms with Crippen LogP contribution in [0.25, 0.3) is 16.6 Å². The van der Waals surface area contributed by atoms with E-state index in [-0.39, 0.29) is 5.78 Å². The third-order valence-electron chi connectivity index (χ3n) is 4.14. The number of carbonyl (C=O) groups excluding carboxylic acids is 1. The Kier molecular flexibility index (Phi) is 3.01. The standard InChI is InChI=1S/C20H16N2O/c1-13-11-14(2)19-16(12-13)21-18(17-9-6-10-22(17)19)20(23)15-7-4-3-5-8-15/h3-12H,1-2H3. The molecule has 0 aliphatic carbocycles. The van der Waals surface area contributed by atoms with E-state index in [0.29, 0.717) is 11.3 Å². The van der Waals surface area contributed by atoms with Crippen LogP contribution in [0.15, 0.2) is 60.8 Å². The molecule has 0 N–H and O–H groups in total. The van der Waals surface area contributed by atoms with Gasteiger partial charge in [-0.15, -0.1) is 0 Å². The molecule has 0 spiro atoms. The summed E-state index contributed by atoms with van der Waals surface area (Å²) in [6.07, 6.45) is 1.99. The van der Waals surface area contributed by atoms with Gasteiger partial charge in [-0.05, 0) is 43.2 Å². The molecule has 0 fully saturated rings. The van der Waals surface area contributed by atoms with Crippen molar-refractivity contribution in [2.24, 2.45) is 0 Å². The van der Waals surface area contributed by atoms with E-state index in [1.807, 2.05) is 61.7 Å². The molecule has 0 saturated carbocycles. The Morgan fingerprint density at radius 2 is 1.78 bits per heavy atom. The average molecular weight is 300 g/mol. The molecule has 0 radical (unpaired) electrons. The molecule has 0 bridgehead atoms. The highest BCUT2D eigenvalue weighted by molar-refractivity contribution is 6.12. The van der Waals surface area contributed by atoms with E-state index in [9.17, 15) is 4.79 Å². The number of fused-ring (bicyclic) bond motifs is 3. The SMILES string of the molecule is Cc1cc(C)c2c(c1)nc(C(=O)c1ccccc1)c1cccn12. The van der Waals surface area contributed by atoms with Gasteiger partial charge >= 0.3 is 0 Å². The largest absolute Gasteiger partial charge is 0.313 e. The topological polar surface area (TPSA) is 34.4 Å². The number of carbonyl (C=O) groups is 1. The van der Waals surface area contributed by atoms with Crippen LogP contribution in [0, 0.1) is 13.8 Å². The van der Waals surface area contributed by atoms with Gasteiger partial charge in [-0.1, -0.05) is 36.4 Å². The van der Waals surface area contributed by atoms with Crippen LogP contribution in [0.2, 0.25) is 0 Å². The third kappa shape index (κ3) is 2.13. The number of benzene rings is 2. The third-order valence-corrected chi connectivity index (χ3v) is 4.14. The molecule has 2 heterocycles. The highest BCUT2D eigenvalue weighted by Gasteiger charge is 2.17. The lowest BCUT2D eigenvalue weighted by Gasteiger charge is -2.11. The molecule has 23 heavy (non-hydrogen) atoms. The van der Waals surface area contributed by atoms with Crippen LogP contribution in [0.1, 0.15) is 27.2 Å². The number of hydrogen-bond acceptors (Lipinski definition) is 2. The van der Waals surface area contributed by atoms with Crippen LogP contribution >= 0.6 is 0 Å². The molecule has 0 unspecified atom stereocenters. The number of hydrogen-bond donors (Lipinski definition) is 0. The Hall–Kier alpha value is -2.94. The van der Waals surface area contributed by atoms with Crippen molar-refractivity contribution in [1.82, 2.24) is 9.38 Å². The first kappa shape index (κ1) is 13.7. The first-order chi connectivity index (χ1) is 11.1. The summed E-state index contributed by atoms with van der Waals surface area (Å²) in [4.78, 5) is 17.6. The fraction of sp³-hybridized carbons (Fsp3) is 0.100. The smallest absolute Gasteiger partial charge is 0.213 e. The molecule has 3 nitrogen and oxygen atoms in total. The van der Waals surface area contributed by atoms with Crippen LogP contribution in [0.4, 0.5) is 0 Å². The second-order valence-electron chi connectivity index (χ2n) is 5.87. The maximum absolute atomic E-state index is 12.9. The quantitative estimate of drug-likeness (QED) is 0.516. The summed E-state index contributed by atoms with van der Waals surface area (Å²) in [5, 5.41) is 0. The van der Waals surface area contributed by atoms with Crippen LogP contribution in [-0.2, 0) is 0 Å². The van der Waals surface area contributed by atoms with Crippen molar-refractivity contribution in [1.29, 1.82) is 0 Å². The molecule has 3 heteroatoms. The lowest BCUT2D eigenvalue weighted by Crippen LogP contribution is -2.08. The van der Waals surface area contributed by atoms with E-state index < -0.39 is 0 Å². The fourth-order valence-corrected chi connectivity index (χ4v) is 3.18. The highest BCUT2D eigenvalue weighted by atomic mass is 16.1. The Bertz CT molecular complexity index is 1050. The first-order valence-electron chi connectivity index (χ1n) is 7.63. The van der Waals surface area contributed by atoms with Gasteiger partial charge in [-0.3, -0.25) is 4.79 Å². The molecule has 112 valence electrons. The molecule has 2 aromatic heterocycles. The van der Waals surface area contributed by atoms with Gasteiger partial charge < -0.3 is 4.40 Å². The van der Waals surface area contributed by atoms with Gasteiger partial charge in [0, 0.05) is 11.8 Å². The van der Waals surface area contributed by atoms with Crippen LogP contribution < -0.4 is 0 Å². The molecule has 0 aliphatic rings. The van der Waals surface area contributed by atoms with Gasteiger partial charge in [-0.2, -0.15) is 0 Å². The molecule has 2 aromatic carbocycles. The van der Waals surface area contributed by atoms with Crippen LogP contribution in [-0.4, -0.2) is 15.2 Å². The maximum atomic E-state index is 12.9. The number of aromatic nitrogens is 2. The molecule has 0 aliphatic heterocycles. The first-order valence-corrected chi connectivity index (χ1v) is 7.63. The minimum atomic E-state index is -0.0460. The van der Waals surface area contributed by atoms with Crippen molar-refractivity contribution >= 4 is 22.3 Å². The highest BCUT2D eigenvalue weighted by Crippen LogP contribution is 2.24. The van der Waals surface area contributed by atoms with E-state index in [1.54, 1.807) is 0 Å². The normalized spacial score (nSPS) is 11.2. The average Bonchev–Trinajstić information content (AvgIpc) is 3.03. The summed E-state index contributed by atoms with van der Waals surface area (Å²) >= 11 is 0. The van der Waals surface area contributed by atoms with E-state index in [0.717, 1.165) is 27.7 Å². The molecule has 0 atom stereocenters. The van der Waals surface area contributed by atoms with E-state index in [1.165, 1.54) is 0 Å². The van der Waals surface area contributed by atoms with Gasteiger partial charge in [0.2, 0.25) is 5.78 Å². The molecule has 4 rings (SSSR count). The van der Waals surface area contributed by atoms with E-state index in [2.05, 4.69) is 17.4 Å². The van der Waals surface area contributed by atoms with E-state index >= 15 is 0 Å². The monoisotopic (exact) mass is 300 g/mol. The minimum absolute atomic E-state index is 0.0460. The van der Waals surface area contributed by atoms with Crippen molar-refractivity contribution in [2.45, 2.75) is 13.8 Å². The van der Waals surface area contributed by atoms with Crippen molar-refractivity contribution < 1.29 is 4.79 Å². The predicted molar refractivity (Wildman–Crippen MR) is 92.0 cm³/mol. The maximum Gasteiger partial charge on any atom is 0.213 e. The summed E-state index contributed by atoms with van der Waals surface area (Å²) in [6, 6.07) is 17.4. The van der Waals surface area contributed by atoms with Gasteiger partial charge in [0.1, 0.15) is 5.69 Å². The van der Waals surface area contributed by atoms with E-state index in [4.69, 9.17) is 4.98 Å². The zero-order valence-electron chi connectivity index (χ0n) is 13.1. The summed E-state index contributed by atoms with van der Waals surface area (Å²) in [5.74, 6) is -0.0460. The van der Waals surface area contributed by atoms with Crippen molar-refractivity contribution in [3.8, 4) is 0 Å². The minimum Gasteiger partial charge on any atom is -0.313 e. The molecule has 4 aromatic rings. The summed E-state index contributed by atoms with van der Waals surface area (Å²) in [5.41, 5.74) is 6.22. The molecular weight excluding hydrogens is 284 g/mol.